The third kappa shape index (κ3) is 8.61. The highest BCUT2D eigenvalue weighted by Gasteiger charge is 2.39. The van der Waals surface area contributed by atoms with Crippen molar-refractivity contribution in [2.45, 2.75) is 25.9 Å². The fourth-order valence-electron chi connectivity index (χ4n) is 7.98. The molecule has 4 aromatic rings. The van der Waals surface area contributed by atoms with Crippen molar-refractivity contribution in [3.8, 4) is 17.0 Å². The summed E-state index contributed by atoms with van der Waals surface area (Å²) in [7, 11) is 2.20. The minimum absolute atomic E-state index is 0. The molecule has 0 bridgehead atoms. The first kappa shape index (κ1) is 41.2. The second kappa shape index (κ2) is 17.0. The minimum atomic E-state index is -3.32. The number of rotatable bonds is 9. The molecular weight excluding hydrogens is 875 g/mol. The number of nitrogens with zero attached hydrogens (tertiary/aromatic N) is 7. The van der Waals surface area contributed by atoms with E-state index in [0.717, 1.165) is 55.5 Å². The van der Waals surface area contributed by atoms with E-state index in [-0.39, 0.29) is 75.0 Å². The van der Waals surface area contributed by atoms with Gasteiger partial charge in [-0.3, -0.25) is 14.0 Å². The van der Waals surface area contributed by atoms with E-state index in [1.165, 1.54) is 27.9 Å². The number of carbonyl (C=O) groups excluding carboxylic acids is 2. The standard InChI is InChI=1S/C37H39ClF4N8O5.HI/c1-50(21-22-6-10-48(20-22)37(53)54)16-7-23(8-17-50)34(51)46-12-14-47(15-13-46)35(52)25-3-2-24(18-27(25)38)45-32-33-44-19-28(49(33)11-9-43-32)26-4-5-29(55-36(41)42)31(40)30(26)39;/h2-5,9,11,18-19,22-23,36H,6-8,10,12-17,20-21H2,1H3,(H-,43,45,52,53,54);1H. The maximum absolute atomic E-state index is 14.9. The molecular formula is C37H40ClF4IN8O5. The van der Waals surface area contributed by atoms with Crippen molar-refractivity contribution in [1.29, 1.82) is 0 Å². The summed E-state index contributed by atoms with van der Waals surface area (Å²) in [4.78, 5) is 52.0. The number of alkyl halides is 2. The number of quaternary nitrogens is 1. The summed E-state index contributed by atoms with van der Waals surface area (Å²) in [5.41, 5.74) is 0.906. The molecule has 3 amide bonds. The number of benzene rings is 2. The van der Waals surface area contributed by atoms with E-state index in [4.69, 9.17) is 11.6 Å². The molecule has 2 aromatic heterocycles. The molecule has 1 atom stereocenters. The maximum atomic E-state index is 14.9. The van der Waals surface area contributed by atoms with Crippen molar-refractivity contribution in [3.63, 3.8) is 0 Å². The van der Waals surface area contributed by atoms with Gasteiger partial charge in [-0.25, -0.2) is 19.2 Å². The minimum Gasteiger partial charge on any atom is -1.00 e. The van der Waals surface area contributed by atoms with Gasteiger partial charge in [0.25, 0.3) is 5.91 Å². The Balaban J connectivity index is 0.00000532. The number of amides is 3. The molecule has 1 unspecified atom stereocenters. The first-order valence-corrected chi connectivity index (χ1v) is 18.4. The van der Waals surface area contributed by atoms with Gasteiger partial charge in [0.2, 0.25) is 11.7 Å². The summed E-state index contributed by atoms with van der Waals surface area (Å²) in [5.74, 6) is -3.49. The maximum Gasteiger partial charge on any atom is 0.407 e. The molecule has 300 valence electrons. The molecule has 7 rings (SSSR count). The molecule has 0 radical (unpaired) electrons. The molecule has 2 aromatic carbocycles. The number of carbonyl (C=O) groups is 3. The number of fused-ring (bicyclic) bond motifs is 1. The van der Waals surface area contributed by atoms with Crippen LogP contribution in [0, 0.1) is 23.5 Å². The number of hydrogen-bond acceptors (Lipinski definition) is 7. The average Bonchev–Trinajstić information content (AvgIpc) is 3.81. The Hall–Kier alpha value is -4.43. The number of anilines is 2. The number of nitrogens with one attached hydrogen (secondary N) is 1. The smallest absolute Gasteiger partial charge is 0.407 e. The topological polar surface area (TPSA) is 133 Å². The van der Waals surface area contributed by atoms with Crippen LogP contribution in [-0.4, -0.2) is 129 Å². The zero-order valence-electron chi connectivity index (χ0n) is 30.3. The molecule has 2 N–H and O–H groups in total. The van der Waals surface area contributed by atoms with Gasteiger partial charge in [0.1, 0.15) is 0 Å². The molecule has 3 aliphatic rings. The second-order valence-corrected chi connectivity index (χ2v) is 15.0. The van der Waals surface area contributed by atoms with Gasteiger partial charge < -0.3 is 58.3 Å². The lowest BCUT2D eigenvalue weighted by atomic mass is 9.92. The van der Waals surface area contributed by atoms with E-state index in [1.54, 1.807) is 23.1 Å². The lowest BCUT2D eigenvalue weighted by molar-refractivity contribution is -0.917. The zero-order valence-corrected chi connectivity index (χ0v) is 33.2. The van der Waals surface area contributed by atoms with Crippen molar-refractivity contribution >= 4 is 46.7 Å². The predicted octanol–water partition coefficient (Wildman–Crippen LogP) is 2.82. The molecule has 3 aliphatic heterocycles. The predicted molar refractivity (Wildman–Crippen MR) is 193 cm³/mol. The van der Waals surface area contributed by atoms with E-state index in [9.17, 15) is 37.1 Å². The van der Waals surface area contributed by atoms with Gasteiger partial charge in [-0.05, 0) is 36.8 Å². The van der Waals surface area contributed by atoms with Crippen LogP contribution in [0.25, 0.3) is 16.9 Å². The van der Waals surface area contributed by atoms with Crippen LogP contribution in [0.5, 0.6) is 5.75 Å². The zero-order chi connectivity index (χ0) is 39.0. The number of piperazine rings is 1. The van der Waals surface area contributed by atoms with Gasteiger partial charge >= 0.3 is 12.7 Å². The largest absolute Gasteiger partial charge is 1.00 e. The van der Waals surface area contributed by atoms with Crippen LogP contribution in [0.4, 0.5) is 33.9 Å². The van der Waals surface area contributed by atoms with Crippen LogP contribution in [0.15, 0.2) is 48.9 Å². The van der Waals surface area contributed by atoms with Crippen LogP contribution in [0.1, 0.15) is 29.6 Å². The van der Waals surface area contributed by atoms with E-state index in [1.807, 2.05) is 4.90 Å². The molecule has 0 saturated carbocycles. The van der Waals surface area contributed by atoms with Crippen molar-refractivity contribution in [3.05, 3.63) is 71.1 Å². The van der Waals surface area contributed by atoms with E-state index < -0.39 is 30.1 Å². The highest BCUT2D eigenvalue weighted by molar-refractivity contribution is 6.34. The fraction of sp³-hybridized carbons (Fsp3) is 0.432. The number of halogens is 6. The Morgan fingerprint density at radius 2 is 1.70 bits per heavy atom. The fourth-order valence-corrected chi connectivity index (χ4v) is 8.25. The number of ether oxygens (including phenoxy) is 1. The monoisotopic (exact) mass is 914 g/mol. The normalized spacial score (nSPS) is 21.3. The summed E-state index contributed by atoms with van der Waals surface area (Å²) in [5, 5.41) is 12.6. The van der Waals surface area contributed by atoms with Crippen molar-refractivity contribution < 1.29 is 70.2 Å². The lowest BCUT2D eigenvalue weighted by Crippen LogP contribution is -3.00. The Labute approximate surface area is 341 Å². The molecule has 3 fully saturated rings. The number of aromatic nitrogens is 3. The van der Waals surface area contributed by atoms with E-state index in [0.29, 0.717) is 50.9 Å². The lowest BCUT2D eigenvalue weighted by Gasteiger charge is -2.43. The number of carboxylic acid groups (broad SMARTS) is 1. The average molecular weight is 915 g/mol. The van der Waals surface area contributed by atoms with Gasteiger partial charge in [-0.15, -0.1) is 0 Å². The molecule has 0 spiro atoms. The Kier molecular flexibility index (Phi) is 12.5. The molecule has 5 heterocycles. The van der Waals surface area contributed by atoms with Crippen LogP contribution in [0.3, 0.4) is 0 Å². The number of imidazole rings is 1. The summed E-state index contributed by atoms with van der Waals surface area (Å²) in [6.45, 7) is 2.06. The summed E-state index contributed by atoms with van der Waals surface area (Å²) < 4.78 is 60.9. The van der Waals surface area contributed by atoms with Gasteiger partial charge in [0, 0.05) is 87.6 Å². The highest BCUT2D eigenvalue weighted by Crippen LogP contribution is 2.33. The molecule has 19 heteroatoms. The summed E-state index contributed by atoms with van der Waals surface area (Å²) >= 11 is 6.61. The first-order chi connectivity index (χ1) is 26.3. The van der Waals surface area contributed by atoms with Crippen LogP contribution < -0.4 is 34.0 Å². The van der Waals surface area contributed by atoms with Crippen LogP contribution in [-0.2, 0) is 4.79 Å². The molecule has 3 saturated heterocycles. The van der Waals surface area contributed by atoms with Gasteiger partial charge in [-0.1, -0.05) is 11.6 Å². The van der Waals surface area contributed by atoms with Crippen LogP contribution in [0.2, 0.25) is 5.02 Å². The Morgan fingerprint density at radius 1 is 0.982 bits per heavy atom. The molecule has 13 nitrogen and oxygen atoms in total. The number of hydrogen-bond donors (Lipinski definition) is 2. The van der Waals surface area contributed by atoms with Crippen molar-refractivity contribution in [2.24, 2.45) is 11.8 Å². The third-order valence-corrected chi connectivity index (χ3v) is 11.3. The van der Waals surface area contributed by atoms with Crippen molar-refractivity contribution in [2.75, 3.05) is 71.3 Å². The highest BCUT2D eigenvalue weighted by atomic mass is 127. The SMILES string of the molecule is C[N+]1(CC2CCN(C(=O)O)C2)CCC(C(=O)N2CCN(C(=O)c3ccc(Nc4nccn5c(-c6ccc(OC(F)F)c(F)c6F)cnc45)cc3Cl)CC2)CC1.[I-]. The van der Waals surface area contributed by atoms with E-state index in [2.05, 4.69) is 27.1 Å². The first-order valence-electron chi connectivity index (χ1n) is 18.0. The van der Waals surface area contributed by atoms with Crippen LogP contribution >= 0.6 is 11.6 Å². The van der Waals surface area contributed by atoms with Gasteiger partial charge in [-0.2, -0.15) is 13.2 Å². The van der Waals surface area contributed by atoms with Gasteiger partial charge in [0.15, 0.2) is 23.0 Å². The van der Waals surface area contributed by atoms with Crippen molar-refractivity contribution in [1.82, 2.24) is 29.1 Å². The molecule has 0 aliphatic carbocycles. The number of likely N-dealkylation sites (tertiary alicyclic amines) is 2. The number of piperidine rings is 1. The Morgan fingerprint density at radius 3 is 2.36 bits per heavy atom. The quantitative estimate of drug-likeness (QED) is 0.149. The van der Waals surface area contributed by atoms with E-state index >= 15 is 0 Å². The summed E-state index contributed by atoms with van der Waals surface area (Å²) in [6, 6.07) is 6.82. The van der Waals surface area contributed by atoms with Gasteiger partial charge in [0.05, 0.1) is 49.2 Å². The molecule has 56 heavy (non-hydrogen) atoms. The third-order valence-electron chi connectivity index (χ3n) is 10.9. The Bertz CT molecular complexity index is 2110. The summed E-state index contributed by atoms with van der Waals surface area (Å²) in [6.07, 6.45) is 5.74. The second-order valence-electron chi connectivity index (χ2n) is 14.6.